The van der Waals surface area contributed by atoms with E-state index in [4.69, 9.17) is 18.0 Å². The molecule has 0 saturated carbocycles. The minimum absolute atomic E-state index is 0.0869. The molecule has 4 nitrogen and oxygen atoms in total. The van der Waals surface area contributed by atoms with Crippen molar-refractivity contribution in [3.8, 4) is 12.3 Å². The maximum atomic E-state index is 10.8. The molecule has 0 atom stereocenters. The average molecular weight is 271 g/mol. The van der Waals surface area contributed by atoms with Crippen LogP contribution in [0.3, 0.4) is 0 Å². The van der Waals surface area contributed by atoms with Crippen LogP contribution in [0.4, 0.5) is 11.4 Å². The molecule has 1 N–H and O–H groups in total. The van der Waals surface area contributed by atoms with E-state index in [1.807, 2.05) is 0 Å². The lowest BCUT2D eigenvalue weighted by Gasteiger charge is -2.06. The Bertz CT molecular complexity index is 446. The number of benzene rings is 1. The number of thioether (sulfide) groups is 1. The number of hydrogen-bond donors (Lipinski definition) is 1. The van der Waals surface area contributed by atoms with Gasteiger partial charge >= 0.3 is 5.69 Å². The van der Waals surface area contributed by atoms with Crippen molar-refractivity contribution in [1.82, 2.24) is 0 Å². The number of hydrogen-bond acceptors (Lipinski definition) is 4. The number of nitro benzene ring substituents is 1. The summed E-state index contributed by atoms with van der Waals surface area (Å²) in [6.45, 7) is 0.605. The second-order valence-electron chi connectivity index (χ2n) is 3.08. The summed E-state index contributed by atoms with van der Waals surface area (Å²) in [4.78, 5) is 10.3. The highest BCUT2D eigenvalue weighted by atomic mass is 35.5. The first kappa shape index (κ1) is 13.7. The molecular weight excluding hydrogens is 260 g/mol. The second-order valence-corrected chi connectivity index (χ2v) is 4.59. The van der Waals surface area contributed by atoms with E-state index < -0.39 is 4.92 Å². The molecule has 0 fully saturated rings. The van der Waals surface area contributed by atoms with Gasteiger partial charge in [-0.2, -0.15) is 0 Å². The van der Waals surface area contributed by atoms with Crippen LogP contribution in [0.5, 0.6) is 0 Å². The third-order valence-electron chi connectivity index (χ3n) is 1.92. The molecule has 0 aliphatic rings. The van der Waals surface area contributed by atoms with E-state index in [0.29, 0.717) is 18.0 Å². The highest BCUT2D eigenvalue weighted by Crippen LogP contribution is 2.32. The molecule has 0 unspecified atom stereocenters. The predicted octanol–water partition coefficient (Wildman–Crippen LogP) is 3.03. The number of nitrogens with one attached hydrogen (secondary N) is 1. The lowest BCUT2D eigenvalue weighted by Crippen LogP contribution is -2.06. The van der Waals surface area contributed by atoms with Crippen molar-refractivity contribution in [3.63, 3.8) is 0 Å². The Morgan fingerprint density at radius 1 is 1.59 bits per heavy atom. The van der Waals surface area contributed by atoms with Gasteiger partial charge in [-0.25, -0.2) is 0 Å². The van der Waals surface area contributed by atoms with Crippen LogP contribution in [0, 0.1) is 22.5 Å². The van der Waals surface area contributed by atoms with E-state index >= 15 is 0 Å². The van der Waals surface area contributed by atoms with Gasteiger partial charge in [0.15, 0.2) is 0 Å². The molecule has 90 valence electrons. The van der Waals surface area contributed by atoms with Crippen LogP contribution in [0.15, 0.2) is 18.2 Å². The van der Waals surface area contributed by atoms with Crippen LogP contribution in [-0.4, -0.2) is 23.0 Å². The summed E-state index contributed by atoms with van der Waals surface area (Å²) in [5, 5.41) is 13.9. The molecule has 0 amide bonds. The maximum Gasteiger partial charge on any atom is 0.310 e. The topological polar surface area (TPSA) is 55.2 Å². The molecule has 0 bridgehead atoms. The van der Waals surface area contributed by atoms with E-state index in [2.05, 4.69) is 11.2 Å². The van der Waals surface area contributed by atoms with E-state index in [0.717, 1.165) is 5.75 Å². The summed E-state index contributed by atoms with van der Waals surface area (Å²) >= 11 is 7.36. The smallest absolute Gasteiger partial charge is 0.310 e. The number of nitrogens with zero attached hydrogens (tertiary/aromatic N) is 1. The van der Waals surface area contributed by atoms with Gasteiger partial charge in [0.2, 0.25) is 0 Å². The molecule has 0 aliphatic carbocycles. The molecule has 1 aromatic rings. The quantitative estimate of drug-likeness (QED) is 0.374. The SMILES string of the molecule is C#CCSCCNc1cccc(Cl)c1[N+](=O)[O-]. The first-order chi connectivity index (χ1) is 8.16. The predicted molar refractivity (Wildman–Crippen MR) is 72.8 cm³/mol. The van der Waals surface area contributed by atoms with Crippen molar-refractivity contribution in [1.29, 1.82) is 0 Å². The number of anilines is 1. The third-order valence-corrected chi connectivity index (χ3v) is 3.09. The summed E-state index contributed by atoms with van der Waals surface area (Å²) in [6.07, 6.45) is 5.11. The molecule has 0 spiro atoms. The summed E-state index contributed by atoms with van der Waals surface area (Å²) in [6, 6.07) is 4.81. The van der Waals surface area contributed by atoms with Crippen LogP contribution in [-0.2, 0) is 0 Å². The lowest BCUT2D eigenvalue weighted by molar-refractivity contribution is -0.383. The van der Waals surface area contributed by atoms with Crippen molar-refractivity contribution < 1.29 is 4.92 Å². The van der Waals surface area contributed by atoms with Gasteiger partial charge in [-0.15, -0.1) is 18.2 Å². The van der Waals surface area contributed by atoms with Crippen LogP contribution in [0.2, 0.25) is 5.02 Å². The van der Waals surface area contributed by atoms with Gasteiger partial charge in [0.25, 0.3) is 0 Å². The molecular formula is C11H11ClN2O2S. The number of terminal acetylenes is 1. The fraction of sp³-hybridized carbons (Fsp3) is 0.273. The minimum atomic E-state index is -0.487. The van der Waals surface area contributed by atoms with Crippen molar-refractivity contribution in [2.75, 3.05) is 23.4 Å². The van der Waals surface area contributed by atoms with Gasteiger partial charge in [-0.05, 0) is 12.1 Å². The zero-order valence-electron chi connectivity index (χ0n) is 8.98. The van der Waals surface area contributed by atoms with Gasteiger partial charge in [0.1, 0.15) is 10.7 Å². The highest BCUT2D eigenvalue weighted by Gasteiger charge is 2.17. The van der Waals surface area contributed by atoms with Crippen molar-refractivity contribution in [2.24, 2.45) is 0 Å². The van der Waals surface area contributed by atoms with Crippen LogP contribution in [0.1, 0.15) is 0 Å². The van der Waals surface area contributed by atoms with Crippen LogP contribution in [0.25, 0.3) is 0 Å². The lowest BCUT2D eigenvalue weighted by atomic mass is 10.2. The Balaban J connectivity index is 2.62. The third kappa shape index (κ3) is 4.17. The molecule has 0 saturated heterocycles. The van der Waals surface area contributed by atoms with Crippen LogP contribution < -0.4 is 5.32 Å². The van der Waals surface area contributed by atoms with Crippen LogP contribution >= 0.6 is 23.4 Å². The zero-order valence-corrected chi connectivity index (χ0v) is 10.6. The molecule has 0 radical (unpaired) electrons. The van der Waals surface area contributed by atoms with Gasteiger partial charge in [0, 0.05) is 12.3 Å². The number of nitro groups is 1. The van der Waals surface area contributed by atoms with Crippen molar-refractivity contribution in [2.45, 2.75) is 0 Å². The van der Waals surface area contributed by atoms with E-state index in [1.165, 1.54) is 6.07 Å². The monoisotopic (exact) mass is 270 g/mol. The molecule has 6 heteroatoms. The second kappa shape index (κ2) is 7.05. The van der Waals surface area contributed by atoms with E-state index in [-0.39, 0.29) is 10.7 Å². The summed E-state index contributed by atoms with van der Waals surface area (Å²) in [7, 11) is 0. The largest absolute Gasteiger partial charge is 0.379 e. The fourth-order valence-electron chi connectivity index (χ4n) is 1.23. The number of para-hydroxylation sites is 1. The van der Waals surface area contributed by atoms with Gasteiger partial charge in [-0.1, -0.05) is 23.6 Å². The van der Waals surface area contributed by atoms with Gasteiger partial charge < -0.3 is 5.32 Å². The Morgan fingerprint density at radius 3 is 3.00 bits per heavy atom. The van der Waals surface area contributed by atoms with E-state index in [9.17, 15) is 10.1 Å². The minimum Gasteiger partial charge on any atom is -0.379 e. The molecule has 1 aromatic carbocycles. The number of rotatable bonds is 6. The summed E-state index contributed by atoms with van der Waals surface area (Å²) in [5.41, 5.74) is 0.347. The molecule has 17 heavy (non-hydrogen) atoms. The summed E-state index contributed by atoms with van der Waals surface area (Å²) in [5.74, 6) is 3.93. The van der Waals surface area contributed by atoms with Gasteiger partial charge in [0.05, 0.1) is 10.7 Å². The molecule has 1 rings (SSSR count). The molecule has 0 aromatic heterocycles. The number of halogens is 1. The average Bonchev–Trinajstić information content (AvgIpc) is 2.28. The van der Waals surface area contributed by atoms with Crippen molar-refractivity contribution in [3.05, 3.63) is 33.3 Å². The Morgan fingerprint density at radius 2 is 2.35 bits per heavy atom. The zero-order chi connectivity index (χ0) is 12.7. The van der Waals surface area contributed by atoms with E-state index in [1.54, 1.807) is 23.9 Å². The Hall–Kier alpha value is -1.38. The normalized spacial score (nSPS) is 9.65. The standard InChI is InChI=1S/C11H11ClN2O2S/c1-2-7-17-8-6-13-10-5-3-4-9(12)11(10)14(15)16/h1,3-5,13H,6-8H2. The molecule has 0 heterocycles. The van der Waals surface area contributed by atoms with Gasteiger partial charge in [-0.3, -0.25) is 10.1 Å². The maximum absolute atomic E-state index is 10.8. The summed E-state index contributed by atoms with van der Waals surface area (Å²) < 4.78 is 0. The Labute approximate surface area is 109 Å². The first-order valence-electron chi connectivity index (χ1n) is 4.84. The molecule has 0 aliphatic heterocycles. The Kier molecular flexibility index (Phi) is 5.67. The fourth-order valence-corrected chi connectivity index (χ4v) is 1.98. The van der Waals surface area contributed by atoms with Crippen molar-refractivity contribution >= 4 is 34.7 Å². The first-order valence-corrected chi connectivity index (χ1v) is 6.38. The highest BCUT2D eigenvalue weighted by molar-refractivity contribution is 7.99.